The van der Waals surface area contributed by atoms with E-state index >= 15 is 0 Å². The summed E-state index contributed by atoms with van der Waals surface area (Å²) in [5.41, 5.74) is 8.97. The number of aryl methyl sites for hydroxylation is 2. The number of nitrogens with zero attached hydrogens (tertiary/aromatic N) is 2. The van der Waals surface area contributed by atoms with Crippen LogP contribution in [0.25, 0.3) is 0 Å². The normalized spacial score (nSPS) is 12.7. The molecule has 2 aromatic rings. The van der Waals surface area contributed by atoms with Gasteiger partial charge in [0.05, 0.1) is 15.9 Å². The highest BCUT2D eigenvalue weighted by Gasteiger charge is 2.16. The molecule has 2 N–H and O–H groups in total. The van der Waals surface area contributed by atoms with Gasteiger partial charge in [0.25, 0.3) is 0 Å². The van der Waals surface area contributed by atoms with Crippen LogP contribution in [0, 0.1) is 12.7 Å². The lowest BCUT2D eigenvalue weighted by Gasteiger charge is -2.13. The summed E-state index contributed by atoms with van der Waals surface area (Å²) in [6.45, 7) is 4.78. The average Bonchev–Trinajstić information content (AvgIpc) is 2.66. The first-order valence-electron chi connectivity index (χ1n) is 6.25. The maximum Gasteiger partial charge on any atom is 0.123 e. The van der Waals surface area contributed by atoms with E-state index in [9.17, 15) is 4.39 Å². The highest BCUT2D eigenvalue weighted by atomic mass is 79.9. The quantitative estimate of drug-likeness (QED) is 0.936. The summed E-state index contributed by atoms with van der Waals surface area (Å²) in [5, 5.41) is 4.43. The summed E-state index contributed by atoms with van der Waals surface area (Å²) < 4.78 is 16.1. The largest absolute Gasteiger partial charge is 0.324 e. The molecule has 0 aliphatic carbocycles. The van der Waals surface area contributed by atoms with Crippen LogP contribution in [0.1, 0.15) is 29.9 Å². The Labute approximate surface area is 120 Å². The van der Waals surface area contributed by atoms with Gasteiger partial charge in [-0.2, -0.15) is 5.10 Å². The SMILES string of the molecule is CCn1nc(C)c(Br)c1CC(N)c1cccc(F)c1. The molecule has 1 unspecified atom stereocenters. The van der Waals surface area contributed by atoms with Gasteiger partial charge in [0.1, 0.15) is 5.82 Å². The zero-order valence-corrected chi connectivity index (χ0v) is 12.6. The van der Waals surface area contributed by atoms with E-state index in [1.54, 1.807) is 6.07 Å². The van der Waals surface area contributed by atoms with Crippen molar-refractivity contribution in [2.75, 3.05) is 0 Å². The molecular weight excluding hydrogens is 309 g/mol. The summed E-state index contributed by atoms with van der Waals surface area (Å²) in [6.07, 6.45) is 0.624. The van der Waals surface area contributed by atoms with Crippen molar-refractivity contribution in [3.63, 3.8) is 0 Å². The number of aromatic nitrogens is 2. The first-order valence-corrected chi connectivity index (χ1v) is 7.05. The van der Waals surface area contributed by atoms with Crippen molar-refractivity contribution in [3.8, 4) is 0 Å². The molecule has 0 fully saturated rings. The Hall–Kier alpha value is -1.20. The third kappa shape index (κ3) is 3.04. The van der Waals surface area contributed by atoms with E-state index < -0.39 is 0 Å². The van der Waals surface area contributed by atoms with Gasteiger partial charge in [0.2, 0.25) is 0 Å². The number of hydrogen-bond acceptors (Lipinski definition) is 2. The Morgan fingerprint density at radius 3 is 2.84 bits per heavy atom. The number of hydrogen-bond donors (Lipinski definition) is 1. The second kappa shape index (κ2) is 5.84. The van der Waals surface area contributed by atoms with Crippen LogP contribution in [0.5, 0.6) is 0 Å². The van der Waals surface area contributed by atoms with E-state index in [-0.39, 0.29) is 11.9 Å². The Kier molecular flexibility index (Phi) is 4.37. The van der Waals surface area contributed by atoms with Crippen molar-refractivity contribution in [3.05, 3.63) is 51.5 Å². The topological polar surface area (TPSA) is 43.8 Å². The molecule has 0 saturated heterocycles. The molecule has 1 atom stereocenters. The summed E-state index contributed by atoms with van der Waals surface area (Å²) in [6, 6.07) is 6.20. The van der Waals surface area contributed by atoms with Crippen molar-refractivity contribution in [1.29, 1.82) is 0 Å². The predicted octanol–water partition coefficient (Wildman–Crippen LogP) is 3.36. The maximum absolute atomic E-state index is 13.2. The van der Waals surface area contributed by atoms with Crippen LogP contribution in [0.2, 0.25) is 0 Å². The van der Waals surface area contributed by atoms with Crippen molar-refractivity contribution in [1.82, 2.24) is 9.78 Å². The zero-order valence-electron chi connectivity index (χ0n) is 11.0. The van der Waals surface area contributed by atoms with Gasteiger partial charge in [-0.3, -0.25) is 4.68 Å². The fraction of sp³-hybridized carbons (Fsp3) is 0.357. The predicted molar refractivity (Wildman–Crippen MR) is 77.4 cm³/mol. The van der Waals surface area contributed by atoms with Crippen molar-refractivity contribution < 1.29 is 4.39 Å². The third-order valence-electron chi connectivity index (χ3n) is 3.14. The molecule has 1 aromatic heterocycles. The average molecular weight is 326 g/mol. The molecule has 102 valence electrons. The van der Waals surface area contributed by atoms with Gasteiger partial charge in [0.15, 0.2) is 0 Å². The minimum Gasteiger partial charge on any atom is -0.324 e. The highest BCUT2D eigenvalue weighted by molar-refractivity contribution is 9.10. The molecule has 0 saturated carbocycles. The summed E-state index contributed by atoms with van der Waals surface area (Å²) >= 11 is 3.54. The van der Waals surface area contributed by atoms with Crippen LogP contribution in [0.4, 0.5) is 4.39 Å². The molecule has 5 heteroatoms. The van der Waals surface area contributed by atoms with Gasteiger partial charge in [-0.25, -0.2) is 4.39 Å². The first kappa shape index (κ1) is 14.2. The zero-order chi connectivity index (χ0) is 14.0. The van der Waals surface area contributed by atoms with Crippen LogP contribution in [-0.4, -0.2) is 9.78 Å². The molecule has 0 radical (unpaired) electrons. The van der Waals surface area contributed by atoms with Gasteiger partial charge in [-0.15, -0.1) is 0 Å². The summed E-state index contributed by atoms with van der Waals surface area (Å²) in [7, 11) is 0. The van der Waals surface area contributed by atoms with Crippen LogP contribution >= 0.6 is 15.9 Å². The molecule has 0 aliphatic heterocycles. The van der Waals surface area contributed by atoms with Gasteiger partial charge in [-0.05, 0) is 47.5 Å². The van der Waals surface area contributed by atoms with E-state index in [1.807, 2.05) is 24.6 Å². The number of halogens is 2. The molecular formula is C14H17BrFN3. The van der Waals surface area contributed by atoms with Crippen LogP contribution in [0.3, 0.4) is 0 Å². The Balaban J connectivity index is 2.26. The fourth-order valence-electron chi connectivity index (χ4n) is 2.13. The first-order chi connectivity index (χ1) is 9.02. The van der Waals surface area contributed by atoms with E-state index in [4.69, 9.17) is 5.73 Å². The van der Waals surface area contributed by atoms with E-state index in [1.165, 1.54) is 12.1 Å². The number of nitrogens with two attached hydrogens (primary N) is 1. The number of benzene rings is 1. The van der Waals surface area contributed by atoms with Gasteiger partial charge in [-0.1, -0.05) is 12.1 Å². The van der Waals surface area contributed by atoms with E-state index in [2.05, 4.69) is 21.0 Å². The Morgan fingerprint density at radius 1 is 1.47 bits per heavy atom. The maximum atomic E-state index is 13.2. The molecule has 0 amide bonds. The molecule has 3 nitrogen and oxygen atoms in total. The molecule has 0 bridgehead atoms. The minimum absolute atomic E-state index is 0.242. The van der Waals surface area contributed by atoms with Crippen LogP contribution < -0.4 is 5.73 Å². The van der Waals surface area contributed by atoms with Crippen LogP contribution in [-0.2, 0) is 13.0 Å². The van der Waals surface area contributed by atoms with Gasteiger partial charge >= 0.3 is 0 Å². The highest BCUT2D eigenvalue weighted by Crippen LogP contribution is 2.25. The minimum atomic E-state index is -0.257. The second-order valence-electron chi connectivity index (χ2n) is 4.53. The Morgan fingerprint density at radius 2 is 2.21 bits per heavy atom. The molecule has 1 heterocycles. The molecule has 19 heavy (non-hydrogen) atoms. The standard InChI is InChI=1S/C14H17BrFN3/c1-3-19-13(14(15)9(2)18-19)8-12(17)10-5-4-6-11(16)7-10/h4-7,12H,3,8,17H2,1-2H3. The van der Waals surface area contributed by atoms with Gasteiger partial charge < -0.3 is 5.73 Å². The molecule has 2 rings (SSSR count). The fourth-order valence-corrected chi connectivity index (χ4v) is 2.57. The monoisotopic (exact) mass is 325 g/mol. The lowest BCUT2D eigenvalue weighted by molar-refractivity contribution is 0.581. The molecule has 0 aliphatic rings. The summed E-state index contributed by atoms with van der Waals surface area (Å²) in [4.78, 5) is 0. The van der Waals surface area contributed by atoms with E-state index in [0.29, 0.717) is 6.42 Å². The smallest absolute Gasteiger partial charge is 0.123 e. The van der Waals surface area contributed by atoms with Crippen LogP contribution in [0.15, 0.2) is 28.7 Å². The van der Waals surface area contributed by atoms with Crippen molar-refractivity contribution in [2.45, 2.75) is 32.9 Å². The summed E-state index contributed by atoms with van der Waals surface area (Å²) in [5.74, 6) is -0.257. The van der Waals surface area contributed by atoms with E-state index in [0.717, 1.165) is 28.0 Å². The Bertz CT molecular complexity index is 580. The molecule has 1 aromatic carbocycles. The van der Waals surface area contributed by atoms with Gasteiger partial charge in [0, 0.05) is 19.0 Å². The number of rotatable bonds is 4. The lowest BCUT2D eigenvalue weighted by atomic mass is 10.0. The lowest BCUT2D eigenvalue weighted by Crippen LogP contribution is -2.16. The molecule has 0 spiro atoms. The van der Waals surface area contributed by atoms with Crippen molar-refractivity contribution in [2.24, 2.45) is 5.73 Å². The third-order valence-corrected chi connectivity index (χ3v) is 4.17. The second-order valence-corrected chi connectivity index (χ2v) is 5.32. The van der Waals surface area contributed by atoms with Crippen molar-refractivity contribution >= 4 is 15.9 Å².